The fourth-order valence-electron chi connectivity index (χ4n) is 3.61. The summed E-state index contributed by atoms with van der Waals surface area (Å²) in [6.07, 6.45) is 3.05. The fraction of sp³-hybridized carbons (Fsp3) is 0.261. The number of piperazine rings is 1. The van der Waals surface area contributed by atoms with Crippen LogP contribution in [0, 0.1) is 13.8 Å². The first-order valence-corrected chi connectivity index (χ1v) is 11.5. The summed E-state index contributed by atoms with van der Waals surface area (Å²) in [5.41, 5.74) is 2.90. The van der Waals surface area contributed by atoms with Crippen LogP contribution in [0.1, 0.15) is 21.5 Å². The van der Waals surface area contributed by atoms with Gasteiger partial charge in [-0.2, -0.15) is 4.31 Å². The molecule has 4 rings (SSSR count). The van der Waals surface area contributed by atoms with Crippen molar-refractivity contribution in [3.8, 4) is 11.4 Å². The van der Waals surface area contributed by atoms with Crippen LogP contribution in [-0.2, 0) is 10.0 Å². The number of benzene rings is 2. The third-order valence-corrected chi connectivity index (χ3v) is 7.46. The molecule has 3 aromatic rings. The largest absolute Gasteiger partial charge is 0.336 e. The zero-order chi connectivity index (χ0) is 22.0. The standard InChI is InChI=1S/C23H24N4O3S/c1-17-8-9-18(2)21(14-17)31(29,30)27-12-10-26(11-13-27)23(28)20-15-24-22(25-16-20)19-6-4-3-5-7-19/h3-9,14-16H,10-13H2,1-2H3. The van der Waals surface area contributed by atoms with Crippen LogP contribution in [0.15, 0.2) is 65.8 Å². The molecule has 160 valence electrons. The number of aryl methyl sites for hydroxylation is 2. The summed E-state index contributed by atoms with van der Waals surface area (Å²) in [5, 5.41) is 0. The maximum absolute atomic E-state index is 13.1. The first-order chi connectivity index (χ1) is 14.9. The van der Waals surface area contributed by atoms with Crippen LogP contribution < -0.4 is 0 Å². The van der Waals surface area contributed by atoms with Crippen LogP contribution in [0.4, 0.5) is 0 Å². The molecule has 0 bridgehead atoms. The van der Waals surface area contributed by atoms with Crippen molar-refractivity contribution in [2.75, 3.05) is 26.2 Å². The zero-order valence-electron chi connectivity index (χ0n) is 17.5. The Kier molecular flexibility index (Phi) is 5.84. The van der Waals surface area contributed by atoms with Crippen molar-refractivity contribution in [3.63, 3.8) is 0 Å². The lowest BCUT2D eigenvalue weighted by atomic mass is 10.2. The second-order valence-corrected chi connectivity index (χ2v) is 9.53. The van der Waals surface area contributed by atoms with E-state index in [2.05, 4.69) is 9.97 Å². The SMILES string of the molecule is Cc1ccc(C)c(S(=O)(=O)N2CCN(C(=O)c3cnc(-c4ccccc4)nc3)CC2)c1. The summed E-state index contributed by atoms with van der Waals surface area (Å²) in [6, 6.07) is 15.0. The lowest BCUT2D eigenvalue weighted by molar-refractivity contribution is 0.0697. The van der Waals surface area contributed by atoms with Crippen LogP contribution in [-0.4, -0.2) is 59.7 Å². The number of carbonyl (C=O) groups is 1. The molecule has 0 unspecified atom stereocenters. The normalized spacial score (nSPS) is 15.1. The molecule has 8 heteroatoms. The van der Waals surface area contributed by atoms with Gasteiger partial charge in [0.15, 0.2) is 5.82 Å². The minimum Gasteiger partial charge on any atom is -0.336 e. The highest BCUT2D eigenvalue weighted by Gasteiger charge is 2.31. The van der Waals surface area contributed by atoms with Crippen molar-refractivity contribution in [1.29, 1.82) is 0 Å². The molecule has 7 nitrogen and oxygen atoms in total. The topological polar surface area (TPSA) is 83.5 Å². The summed E-state index contributed by atoms with van der Waals surface area (Å²) in [6.45, 7) is 4.83. The first kappa shape index (κ1) is 21.1. The minimum atomic E-state index is -3.59. The lowest BCUT2D eigenvalue weighted by Gasteiger charge is -2.34. The second-order valence-electron chi connectivity index (χ2n) is 7.63. The van der Waals surface area contributed by atoms with Crippen molar-refractivity contribution < 1.29 is 13.2 Å². The summed E-state index contributed by atoms with van der Waals surface area (Å²) in [7, 11) is -3.59. The summed E-state index contributed by atoms with van der Waals surface area (Å²) < 4.78 is 27.6. The molecule has 0 spiro atoms. The van der Waals surface area contributed by atoms with Gasteiger partial charge in [0.05, 0.1) is 10.5 Å². The molecule has 2 heterocycles. The quantitative estimate of drug-likeness (QED) is 0.628. The maximum Gasteiger partial charge on any atom is 0.257 e. The number of aromatic nitrogens is 2. The average Bonchev–Trinajstić information content (AvgIpc) is 2.81. The van der Waals surface area contributed by atoms with Crippen molar-refractivity contribution in [2.45, 2.75) is 18.7 Å². The van der Waals surface area contributed by atoms with Gasteiger partial charge in [-0.3, -0.25) is 4.79 Å². The highest BCUT2D eigenvalue weighted by molar-refractivity contribution is 7.89. The van der Waals surface area contributed by atoms with E-state index >= 15 is 0 Å². The predicted molar refractivity (Wildman–Crippen MR) is 118 cm³/mol. The Bertz CT molecular complexity index is 1190. The molecule has 2 aromatic carbocycles. The Morgan fingerprint density at radius 1 is 0.903 bits per heavy atom. The monoisotopic (exact) mass is 436 g/mol. The maximum atomic E-state index is 13.1. The molecule has 1 fully saturated rings. The number of nitrogens with zero attached hydrogens (tertiary/aromatic N) is 4. The molecule has 0 atom stereocenters. The Morgan fingerprint density at radius 2 is 1.55 bits per heavy atom. The van der Waals surface area contributed by atoms with Crippen molar-refractivity contribution >= 4 is 15.9 Å². The molecule has 1 aliphatic rings. The molecule has 1 aromatic heterocycles. The molecule has 0 aliphatic carbocycles. The zero-order valence-corrected chi connectivity index (χ0v) is 18.3. The molecule has 1 aliphatic heterocycles. The Balaban J connectivity index is 1.44. The molecule has 1 saturated heterocycles. The van der Waals surface area contributed by atoms with Crippen molar-refractivity contribution in [2.24, 2.45) is 0 Å². The smallest absolute Gasteiger partial charge is 0.257 e. The molecule has 0 saturated carbocycles. The lowest BCUT2D eigenvalue weighted by Crippen LogP contribution is -2.50. The highest BCUT2D eigenvalue weighted by atomic mass is 32.2. The number of carbonyl (C=O) groups excluding carboxylic acids is 1. The summed E-state index contributed by atoms with van der Waals surface area (Å²) in [4.78, 5) is 23.5. The molecule has 1 amide bonds. The number of hydrogen-bond acceptors (Lipinski definition) is 5. The number of sulfonamides is 1. The van der Waals surface area contributed by atoms with E-state index in [0.29, 0.717) is 29.4 Å². The molecule has 31 heavy (non-hydrogen) atoms. The van der Waals surface area contributed by atoms with E-state index < -0.39 is 10.0 Å². The van der Waals surface area contributed by atoms with E-state index in [0.717, 1.165) is 16.7 Å². The average molecular weight is 437 g/mol. The fourth-order valence-corrected chi connectivity index (χ4v) is 5.35. The van der Waals surface area contributed by atoms with Gasteiger partial charge in [-0.05, 0) is 31.0 Å². The van der Waals surface area contributed by atoms with Gasteiger partial charge < -0.3 is 4.90 Å². The van der Waals surface area contributed by atoms with Crippen LogP contribution in [0.3, 0.4) is 0 Å². The number of hydrogen-bond donors (Lipinski definition) is 0. The summed E-state index contributed by atoms with van der Waals surface area (Å²) in [5.74, 6) is 0.366. The van der Waals surface area contributed by atoms with E-state index in [1.165, 1.54) is 16.7 Å². The molecule has 0 N–H and O–H groups in total. The Labute approximate surface area is 182 Å². The predicted octanol–water partition coefficient (Wildman–Crippen LogP) is 2.91. The second kappa shape index (κ2) is 8.56. The highest BCUT2D eigenvalue weighted by Crippen LogP contribution is 2.23. The van der Waals surface area contributed by atoms with E-state index in [4.69, 9.17) is 0 Å². The van der Waals surface area contributed by atoms with Gasteiger partial charge >= 0.3 is 0 Å². The van der Waals surface area contributed by atoms with Crippen molar-refractivity contribution in [3.05, 3.63) is 77.6 Å². The van der Waals surface area contributed by atoms with E-state index in [-0.39, 0.29) is 19.0 Å². The third-order valence-electron chi connectivity index (χ3n) is 5.42. The third kappa shape index (κ3) is 4.35. The van der Waals surface area contributed by atoms with Gasteiger partial charge in [0.1, 0.15) is 0 Å². The number of amides is 1. The molecular formula is C23H24N4O3S. The van der Waals surface area contributed by atoms with Gasteiger partial charge in [-0.1, -0.05) is 42.5 Å². The van der Waals surface area contributed by atoms with E-state index in [1.54, 1.807) is 17.9 Å². The van der Waals surface area contributed by atoms with Crippen LogP contribution >= 0.6 is 0 Å². The van der Waals surface area contributed by atoms with Gasteiger partial charge in [0.2, 0.25) is 10.0 Å². The minimum absolute atomic E-state index is 0.191. The van der Waals surface area contributed by atoms with Crippen LogP contribution in [0.5, 0.6) is 0 Å². The Hall–Kier alpha value is -3.10. The summed E-state index contributed by atoms with van der Waals surface area (Å²) >= 11 is 0. The number of rotatable bonds is 4. The molecular weight excluding hydrogens is 412 g/mol. The molecule has 0 radical (unpaired) electrons. The van der Waals surface area contributed by atoms with Crippen LogP contribution in [0.2, 0.25) is 0 Å². The first-order valence-electron chi connectivity index (χ1n) is 10.1. The van der Waals surface area contributed by atoms with E-state index in [9.17, 15) is 13.2 Å². The van der Waals surface area contributed by atoms with E-state index in [1.807, 2.05) is 49.4 Å². The van der Waals surface area contributed by atoms with Gasteiger partial charge in [-0.15, -0.1) is 0 Å². The van der Waals surface area contributed by atoms with Gasteiger partial charge in [0.25, 0.3) is 5.91 Å². The van der Waals surface area contributed by atoms with Crippen LogP contribution in [0.25, 0.3) is 11.4 Å². The van der Waals surface area contributed by atoms with Crippen molar-refractivity contribution in [1.82, 2.24) is 19.2 Å². The Morgan fingerprint density at radius 3 is 2.19 bits per heavy atom. The van der Waals surface area contributed by atoms with Gasteiger partial charge in [0, 0.05) is 44.1 Å². The van der Waals surface area contributed by atoms with Gasteiger partial charge in [-0.25, -0.2) is 18.4 Å².